The molecule has 2 aromatic rings. The molecule has 2 aromatic carbocycles. The Kier molecular flexibility index (Phi) is 7.22. The molecule has 1 heterocycles. The van der Waals surface area contributed by atoms with Crippen LogP contribution < -0.4 is 0 Å². The van der Waals surface area contributed by atoms with Gasteiger partial charge < -0.3 is 0 Å². The molecule has 2 fully saturated rings. The largest absolute Gasteiger partial charge is 0.292 e. The first-order valence-electron chi connectivity index (χ1n) is 10.9. The van der Waals surface area contributed by atoms with Crippen molar-refractivity contribution < 1.29 is 23.6 Å². The number of nitrogens with zero attached hydrogens (tertiary/aromatic N) is 2. The second-order valence-electron chi connectivity index (χ2n) is 8.99. The van der Waals surface area contributed by atoms with E-state index in [9.17, 15) is 23.6 Å². The van der Waals surface area contributed by atoms with Gasteiger partial charge in [-0.25, -0.2) is 9.40 Å². The molecule has 0 spiro atoms. The molecule has 4 atom stereocenters. The van der Waals surface area contributed by atoms with Crippen LogP contribution in [0.5, 0.6) is 0 Å². The Balaban J connectivity index is 1.60. The molecule has 5 rings (SSSR count). The summed E-state index contributed by atoms with van der Waals surface area (Å²) in [5.41, 5.74) is -0.116. The van der Waals surface area contributed by atoms with E-state index >= 15 is 0 Å². The normalized spacial score (nSPS) is 28.8. The van der Waals surface area contributed by atoms with Crippen LogP contribution in [0.15, 0.2) is 52.5 Å². The Morgan fingerprint density at radius 2 is 1.28 bits per heavy atom. The molecule has 3 amide bonds. The molecular formula is C24H11Cl8FN2O4. The maximum absolute atomic E-state index is 13.9. The van der Waals surface area contributed by atoms with Crippen LogP contribution in [0.3, 0.4) is 0 Å². The first-order valence-corrected chi connectivity index (χ1v) is 13.9. The molecule has 204 valence electrons. The van der Waals surface area contributed by atoms with Crippen molar-refractivity contribution in [2.24, 2.45) is 11.8 Å². The predicted molar refractivity (Wildman–Crippen MR) is 147 cm³/mol. The van der Waals surface area contributed by atoms with Gasteiger partial charge in [-0.15, -0.1) is 23.2 Å². The van der Waals surface area contributed by atoms with Crippen LogP contribution in [0.1, 0.15) is 20.7 Å². The topological polar surface area (TPSA) is 74.8 Å². The van der Waals surface area contributed by atoms with Crippen LogP contribution in [0, 0.1) is 17.7 Å². The monoisotopic (exact) mass is 690 g/mol. The van der Waals surface area contributed by atoms with Crippen LogP contribution in [0.4, 0.5) is 4.39 Å². The molecule has 2 aliphatic carbocycles. The Morgan fingerprint density at radius 1 is 0.795 bits per heavy atom. The van der Waals surface area contributed by atoms with Crippen molar-refractivity contribution in [1.29, 1.82) is 0 Å². The van der Waals surface area contributed by atoms with Gasteiger partial charge in [-0.3, -0.25) is 19.2 Å². The minimum absolute atomic E-state index is 0.00128. The van der Waals surface area contributed by atoms with Crippen LogP contribution in [0.2, 0.25) is 10.0 Å². The van der Waals surface area contributed by atoms with Gasteiger partial charge in [0.15, 0.2) is 10.1 Å². The first kappa shape index (κ1) is 29.2. The number of hydrogen-bond donors (Lipinski definition) is 0. The lowest BCUT2D eigenvalue weighted by Gasteiger charge is -2.36. The van der Waals surface area contributed by atoms with Crippen molar-refractivity contribution in [2.45, 2.75) is 14.1 Å². The van der Waals surface area contributed by atoms with E-state index in [1.165, 1.54) is 30.3 Å². The molecule has 6 nitrogen and oxygen atoms in total. The van der Waals surface area contributed by atoms with E-state index in [0.29, 0.717) is 10.0 Å². The predicted octanol–water partition coefficient (Wildman–Crippen LogP) is 6.82. The first-order chi connectivity index (χ1) is 18.1. The Bertz CT molecular complexity index is 1470. The van der Waals surface area contributed by atoms with Crippen molar-refractivity contribution in [3.8, 4) is 0 Å². The van der Waals surface area contributed by atoms with Gasteiger partial charge in [-0.2, -0.15) is 5.01 Å². The summed E-state index contributed by atoms with van der Waals surface area (Å²) in [5.74, 6) is -7.48. The van der Waals surface area contributed by atoms with Gasteiger partial charge in [-0.1, -0.05) is 69.6 Å². The molecule has 2 bridgehead atoms. The molecule has 0 N–H and O–H groups in total. The highest BCUT2D eigenvalue weighted by molar-refractivity contribution is 6.66. The molecule has 0 unspecified atom stereocenters. The Morgan fingerprint density at radius 3 is 1.77 bits per heavy atom. The molecule has 0 aromatic heterocycles. The zero-order valence-corrected chi connectivity index (χ0v) is 24.9. The van der Waals surface area contributed by atoms with E-state index in [0.717, 1.165) is 12.1 Å². The highest BCUT2D eigenvalue weighted by atomic mass is 35.5. The minimum atomic E-state index is -2.19. The molecule has 3 aliphatic rings. The van der Waals surface area contributed by atoms with E-state index in [1.54, 1.807) is 0 Å². The summed E-state index contributed by atoms with van der Waals surface area (Å²) >= 11 is 51.2. The lowest BCUT2D eigenvalue weighted by molar-refractivity contribution is -0.154. The number of amides is 3. The smallest absolute Gasteiger partial charge is 0.273 e. The maximum atomic E-state index is 13.9. The van der Waals surface area contributed by atoms with Gasteiger partial charge in [0.25, 0.3) is 17.7 Å². The van der Waals surface area contributed by atoms with Gasteiger partial charge in [0.1, 0.15) is 22.1 Å². The summed E-state index contributed by atoms with van der Waals surface area (Å²) < 4.78 is 11.2. The number of rotatable bonds is 5. The van der Waals surface area contributed by atoms with Crippen molar-refractivity contribution >= 4 is 116 Å². The fourth-order valence-corrected chi connectivity index (χ4v) is 8.32. The van der Waals surface area contributed by atoms with Crippen LogP contribution in [-0.2, 0) is 9.59 Å². The van der Waals surface area contributed by atoms with Gasteiger partial charge >= 0.3 is 0 Å². The zero-order valence-electron chi connectivity index (χ0n) is 18.8. The number of hydrazine groups is 1. The van der Waals surface area contributed by atoms with Crippen LogP contribution >= 0.6 is 92.8 Å². The number of allylic oxidation sites excluding steroid dienone is 2. The van der Waals surface area contributed by atoms with Gasteiger partial charge in [0.2, 0.25) is 0 Å². The van der Waals surface area contributed by atoms with Gasteiger partial charge in [-0.05, 0) is 42.5 Å². The number of alkyl halides is 4. The summed E-state index contributed by atoms with van der Waals surface area (Å²) in [7, 11) is 0. The second kappa shape index (κ2) is 9.63. The maximum Gasteiger partial charge on any atom is 0.273 e. The number of carbonyl (C=O) groups excluding carboxylic acids is 4. The van der Waals surface area contributed by atoms with Crippen LogP contribution in [-0.4, -0.2) is 54.1 Å². The fraction of sp³-hybridized carbons (Fsp3) is 0.250. The number of hydrogen-bond acceptors (Lipinski definition) is 4. The number of ketones is 1. The van der Waals surface area contributed by atoms with Crippen molar-refractivity contribution in [1.82, 2.24) is 10.0 Å². The quantitative estimate of drug-likeness (QED) is 0.196. The van der Waals surface area contributed by atoms with E-state index in [4.69, 9.17) is 92.8 Å². The highest BCUT2D eigenvalue weighted by Crippen LogP contribution is 2.77. The number of Topliss-reactive ketones (excluding diaryl/α,β-unsaturated/α-hetero) is 1. The molecule has 15 heteroatoms. The van der Waals surface area contributed by atoms with Gasteiger partial charge in [0, 0.05) is 11.1 Å². The number of halogens is 9. The summed E-state index contributed by atoms with van der Waals surface area (Å²) in [6.45, 7) is -0.825. The highest BCUT2D eigenvalue weighted by Gasteiger charge is 2.88. The molecule has 1 aliphatic heterocycles. The zero-order chi connectivity index (χ0) is 28.8. The van der Waals surface area contributed by atoms with Crippen molar-refractivity contribution in [3.63, 3.8) is 0 Å². The lowest BCUT2D eigenvalue weighted by atomic mass is 9.84. The summed E-state index contributed by atoms with van der Waals surface area (Å²) in [5, 5.41) is 0.557. The van der Waals surface area contributed by atoms with E-state index in [2.05, 4.69) is 0 Å². The van der Waals surface area contributed by atoms with E-state index in [1.807, 2.05) is 0 Å². The third-order valence-electron chi connectivity index (χ3n) is 6.99. The van der Waals surface area contributed by atoms with Crippen molar-refractivity contribution in [2.75, 3.05) is 6.54 Å². The SMILES string of the molecule is O=C(CN(C(=O)c1ccc(Cl)c(Cl)c1)N1C(=O)[C@H]2[C@H](C1=O)[C@@]1(Cl)C(Cl)=C(Cl)[C@@]2(Cl)C1(Cl)Cl)c1ccc(F)cc1. The third-order valence-corrected chi connectivity index (χ3v) is 12.0. The average molecular weight is 694 g/mol. The fourth-order valence-electron chi connectivity index (χ4n) is 5.09. The average Bonchev–Trinajstić information content (AvgIpc) is 3.27. The number of fused-ring (bicyclic) bond motifs is 5. The second-order valence-corrected chi connectivity index (χ2v) is 13.1. The molecule has 1 saturated heterocycles. The number of carbonyl (C=O) groups is 4. The van der Waals surface area contributed by atoms with E-state index < -0.39 is 61.8 Å². The lowest BCUT2D eigenvalue weighted by Crippen LogP contribution is -2.56. The Labute approximate surface area is 260 Å². The molecular weight excluding hydrogens is 683 g/mol. The minimum Gasteiger partial charge on any atom is -0.292 e. The summed E-state index contributed by atoms with van der Waals surface area (Å²) in [4.78, 5) is 50.3. The molecule has 1 saturated carbocycles. The Hall–Kier alpha value is -1.29. The molecule has 0 radical (unpaired) electrons. The van der Waals surface area contributed by atoms with Crippen LogP contribution in [0.25, 0.3) is 0 Å². The van der Waals surface area contributed by atoms with E-state index in [-0.39, 0.29) is 31.2 Å². The number of benzene rings is 2. The standard InChI is InChI=1S/C24H11Cl8FN2O4/c25-12-6-3-10(7-13(12)26)19(37)34(8-14(36)9-1-4-11(33)5-2-9)35-20(38)15-16(21(35)39)23(30)18(28)17(27)22(15,29)24(23,31)32/h1-7,15-16H,8H2/t15-,16-,22-,23-/m1/s1. The molecule has 39 heavy (non-hydrogen) atoms. The third kappa shape index (κ3) is 3.81. The van der Waals surface area contributed by atoms with Crippen molar-refractivity contribution in [3.05, 3.63) is 79.5 Å². The summed E-state index contributed by atoms with van der Waals surface area (Å²) in [6, 6.07) is 8.24. The summed E-state index contributed by atoms with van der Waals surface area (Å²) in [6.07, 6.45) is 0. The number of imide groups is 1. The van der Waals surface area contributed by atoms with Gasteiger partial charge in [0.05, 0.1) is 31.9 Å².